The number of hydrogen-bond donors (Lipinski definition) is 0. The molecule has 2 heterocycles. The van der Waals surface area contributed by atoms with Gasteiger partial charge in [-0.15, -0.1) is 0 Å². The fraction of sp³-hybridized carbons (Fsp3) is 0.444. The number of rotatable bonds is 5. The van der Waals surface area contributed by atoms with Gasteiger partial charge in [0.05, 0.1) is 0 Å². The lowest BCUT2D eigenvalue weighted by atomic mass is 10.1. The fourth-order valence-corrected chi connectivity index (χ4v) is 2.81. The quantitative estimate of drug-likeness (QED) is 0.846. The number of nitrogens with zero attached hydrogens (tertiary/aromatic N) is 3. The molecule has 0 aliphatic carbocycles. The summed E-state index contributed by atoms with van der Waals surface area (Å²) in [5.41, 5.74) is 2.38. The number of benzene rings is 1. The number of carbonyl (C=O) groups excluding carboxylic acids is 1. The minimum absolute atomic E-state index is 0.0658. The van der Waals surface area contributed by atoms with E-state index in [0.717, 1.165) is 22.8 Å². The van der Waals surface area contributed by atoms with Crippen LogP contribution >= 0.6 is 0 Å². The van der Waals surface area contributed by atoms with Crippen LogP contribution in [0, 0.1) is 12.8 Å². The molecule has 1 aromatic heterocycles. The first-order valence-corrected chi connectivity index (χ1v) is 8.13. The van der Waals surface area contributed by atoms with Gasteiger partial charge in [0.1, 0.15) is 0 Å². The molecule has 0 saturated heterocycles. The molecule has 0 N–H and O–H groups in total. The van der Waals surface area contributed by atoms with Crippen LogP contribution in [0.2, 0.25) is 0 Å². The molecule has 0 atom stereocenters. The Morgan fingerprint density at radius 3 is 2.83 bits per heavy atom. The summed E-state index contributed by atoms with van der Waals surface area (Å²) < 4.78 is 12.7. The lowest BCUT2D eigenvalue weighted by Crippen LogP contribution is -2.34. The van der Waals surface area contributed by atoms with E-state index in [1.165, 1.54) is 0 Å². The van der Waals surface area contributed by atoms with E-state index >= 15 is 0 Å². The molecule has 2 aromatic rings. The lowest BCUT2D eigenvalue weighted by Gasteiger charge is -2.24. The lowest BCUT2D eigenvalue weighted by molar-refractivity contribution is 0.0714. The van der Waals surface area contributed by atoms with E-state index in [2.05, 4.69) is 18.9 Å². The first-order valence-electron chi connectivity index (χ1n) is 8.13. The van der Waals surface area contributed by atoms with Crippen molar-refractivity contribution in [3.05, 3.63) is 41.2 Å². The number of para-hydroxylation sites is 1. The fourth-order valence-electron chi connectivity index (χ4n) is 2.81. The standard InChI is InChI=1S/C18H23N3O3/c1-12(2)9-21(18(22)15-8-13(3)20(4)19-15)10-14-6-5-7-16-17(14)24-11-23-16/h5-8,12H,9-11H2,1-4H3. The highest BCUT2D eigenvalue weighted by Crippen LogP contribution is 2.36. The van der Waals surface area contributed by atoms with Crippen LogP contribution in [-0.2, 0) is 13.6 Å². The van der Waals surface area contributed by atoms with Crippen LogP contribution in [0.1, 0.15) is 35.6 Å². The third-order valence-corrected chi connectivity index (χ3v) is 4.04. The van der Waals surface area contributed by atoms with Gasteiger partial charge < -0.3 is 14.4 Å². The second kappa shape index (κ2) is 6.55. The minimum Gasteiger partial charge on any atom is -0.454 e. The number of aryl methyl sites for hydroxylation is 2. The van der Waals surface area contributed by atoms with Crippen LogP contribution in [0.4, 0.5) is 0 Å². The Balaban J connectivity index is 1.87. The van der Waals surface area contributed by atoms with Crippen molar-refractivity contribution in [2.75, 3.05) is 13.3 Å². The van der Waals surface area contributed by atoms with Gasteiger partial charge in [0.2, 0.25) is 6.79 Å². The molecule has 0 saturated carbocycles. The maximum absolute atomic E-state index is 12.9. The Kier molecular flexibility index (Phi) is 4.46. The summed E-state index contributed by atoms with van der Waals surface area (Å²) >= 11 is 0. The van der Waals surface area contributed by atoms with Crippen molar-refractivity contribution >= 4 is 5.91 Å². The zero-order chi connectivity index (χ0) is 17.3. The second-order valence-corrected chi connectivity index (χ2v) is 6.53. The zero-order valence-corrected chi connectivity index (χ0v) is 14.6. The third kappa shape index (κ3) is 3.22. The summed E-state index contributed by atoms with van der Waals surface area (Å²) in [6, 6.07) is 7.59. The molecule has 0 radical (unpaired) electrons. The molecule has 0 unspecified atom stereocenters. The van der Waals surface area contributed by atoms with Crippen LogP contribution in [0.15, 0.2) is 24.3 Å². The molecule has 0 fully saturated rings. The smallest absolute Gasteiger partial charge is 0.274 e. The average molecular weight is 329 g/mol. The van der Waals surface area contributed by atoms with Crippen LogP contribution in [0.3, 0.4) is 0 Å². The van der Waals surface area contributed by atoms with Crippen molar-refractivity contribution in [1.29, 1.82) is 0 Å². The predicted octanol–water partition coefficient (Wildman–Crippen LogP) is 2.76. The molecule has 0 bridgehead atoms. The van der Waals surface area contributed by atoms with Gasteiger partial charge in [-0.3, -0.25) is 9.48 Å². The number of ether oxygens (including phenoxy) is 2. The largest absolute Gasteiger partial charge is 0.454 e. The van der Waals surface area contributed by atoms with Crippen molar-refractivity contribution in [2.24, 2.45) is 13.0 Å². The van der Waals surface area contributed by atoms with Gasteiger partial charge in [0.25, 0.3) is 5.91 Å². The molecule has 24 heavy (non-hydrogen) atoms. The first-order chi connectivity index (χ1) is 11.5. The summed E-state index contributed by atoms with van der Waals surface area (Å²) in [5, 5.41) is 4.32. The molecule has 1 amide bonds. The molecular formula is C18H23N3O3. The van der Waals surface area contributed by atoms with Gasteiger partial charge in [0.15, 0.2) is 17.2 Å². The third-order valence-electron chi connectivity index (χ3n) is 4.04. The van der Waals surface area contributed by atoms with Crippen LogP contribution in [-0.4, -0.2) is 33.9 Å². The van der Waals surface area contributed by atoms with E-state index in [4.69, 9.17) is 9.47 Å². The Morgan fingerprint density at radius 1 is 1.38 bits per heavy atom. The summed E-state index contributed by atoms with van der Waals surface area (Å²) in [7, 11) is 1.84. The highest BCUT2D eigenvalue weighted by molar-refractivity contribution is 5.92. The summed E-state index contributed by atoms with van der Waals surface area (Å²) in [4.78, 5) is 14.8. The first kappa shape index (κ1) is 16.4. The van der Waals surface area contributed by atoms with Gasteiger partial charge in [0, 0.05) is 31.4 Å². The molecule has 3 rings (SSSR count). The van der Waals surface area contributed by atoms with Gasteiger partial charge in [-0.1, -0.05) is 26.0 Å². The highest BCUT2D eigenvalue weighted by Gasteiger charge is 2.24. The molecule has 1 aliphatic heterocycles. The summed E-state index contributed by atoms with van der Waals surface area (Å²) in [5.74, 6) is 1.76. The topological polar surface area (TPSA) is 56.6 Å². The van der Waals surface area contributed by atoms with Gasteiger partial charge >= 0.3 is 0 Å². The Hall–Kier alpha value is -2.50. The number of hydrogen-bond acceptors (Lipinski definition) is 4. The molecule has 0 spiro atoms. The number of carbonyl (C=O) groups is 1. The zero-order valence-electron chi connectivity index (χ0n) is 14.6. The van der Waals surface area contributed by atoms with E-state index in [1.54, 1.807) is 4.68 Å². The van der Waals surface area contributed by atoms with Crippen molar-refractivity contribution in [3.8, 4) is 11.5 Å². The van der Waals surface area contributed by atoms with Crippen molar-refractivity contribution < 1.29 is 14.3 Å². The van der Waals surface area contributed by atoms with Gasteiger partial charge in [-0.05, 0) is 25.0 Å². The molecule has 6 heteroatoms. The van der Waals surface area contributed by atoms with Crippen molar-refractivity contribution in [3.63, 3.8) is 0 Å². The van der Waals surface area contributed by atoms with E-state index in [0.29, 0.717) is 24.7 Å². The van der Waals surface area contributed by atoms with E-state index in [1.807, 2.05) is 43.1 Å². The van der Waals surface area contributed by atoms with Crippen LogP contribution in [0.5, 0.6) is 11.5 Å². The minimum atomic E-state index is -0.0658. The summed E-state index contributed by atoms with van der Waals surface area (Å²) in [6.07, 6.45) is 0. The Labute approximate surface area is 142 Å². The number of fused-ring (bicyclic) bond motifs is 1. The van der Waals surface area contributed by atoms with Crippen molar-refractivity contribution in [1.82, 2.24) is 14.7 Å². The molecule has 1 aliphatic rings. The molecule has 128 valence electrons. The number of amides is 1. The Morgan fingerprint density at radius 2 is 2.17 bits per heavy atom. The SMILES string of the molecule is Cc1cc(C(=O)N(Cc2cccc3c2OCO3)CC(C)C)nn1C. The average Bonchev–Trinajstić information content (AvgIpc) is 3.13. The maximum Gasteiger partial charge on any atom is 0.274 e. The van der Waals surface area contributed by atoms with E-state index in [-0.39, 0.29) is 12.7 Å². The molecule has 1 aromatic carbocycles. The molecule has 6 nitrogen and oxygen atoms in total. The van der Waals surface area contributed by atoms with E-state index in [9.17, 15) is 4.79 Å². The monoisotopic (exact) mass is 329 g/mol. The molecular weight excluding hydrogens is 306 g/mol. The predicted molar refractivity (Wildman–Crippen MR) is 90.1 cm³/mol. The normalized spacial score (nSPS) is 12.7. The van der Waals surface area contributed by atoms with Gasteiger partial charge in [-0.2, -0.15) is 5.10 Å². The van der Waals surface area contributed by atoms with E-state index < -0.39 is 0 Å². The highest BCUT2D eigenvalue weighted by atomic mass is 16.7. The van der Waals surface area contributed by atoms with Crippen LogP contribution < -0.4 is 9.47 Å². The van der Waals surface area contributed by atoms with Gasteiger partial charge in [-0.25, -0.2) is 0 Å². The van der Waals surface area contributed by atoms with Crippen molar-refractivity contribution in [2.45, 2.75) is 27.3 Å². The number of aromatic nitrogens is 2. The summed E-state index contributed by atoms with van der Waals surface area (Å²) in [6.45, 7) is 7.48. The Bertz CT molecular complexity index is 732. The van der Waals surface area contributed by atoms with Crippen LogP contribution in [0.25, 0.3) is 0 Å². The second-order valence-electron chi connectivity index (χ2n) is 6.53. The maximum atomic E-state index is 12.9.